The Kier molecular flexibility index (Phi) is 9.17. The molecule has 5 nitrogen and oxygen atoms in total. The molecule has 3 aromatic carbocycles. The number of anilines is 1. The van der Waals surface area contributed by atoms with Gasteiger partial charge in [0.05, 0.1) is 10.6 Å². The van der Waals surface area contributed by atoms with Gasteiger partial charge in [-0.25, -0.2) is 12.8 Å². The first-order valence-corrected chi connectivity index (χ1v) is 13.3. The Morgan fingerprint density at radius 2 is 1.73 bits per heavy atom. The summed E-state index contributed by atoms with van der Waals surface area (Å²) in [6.45, 7) is 0.0555. The van der Waals surface area contributed by atoms with Crippen LogP contribution in [0.3, 0.4) is 0 Å². The van der Waals surface area contributed by atoms with Gasteiger partial charge in [0.25, 0.3) is 10.0 Å². The van der Waals surface area contributed by atoms with Crippen LogP contribution in [-0.4, -0.2) is 33.2 Å². The molecule has 3 aromatic rings. The number of benzene rings is 3. The largest absolute Gasteiger partial charge is 0.354 e. The highest BCUT2D eigenvalue weighted by atomic mass is 35.5. The molecular weight excluding hydrogens is 483 g/mol. The van der Waals surface area contributed by atoms with Crippen molar-refractivity contribution in [3.05, 3.63) is 95.3 Å². The van der Waals surface area contributed by atoms with Gasteiger partial charge in [0, 0.05) is 17.3 Å². The average Bonchev–Trinajstić information content (AvgIpc) is 2.80. The Morgan fingerprint density at radius 3 is 2.42 bits per heavy atom. The average molecular weight is 507 g/mol. The molecule has 0 aliphatic heterocycles. The summed E-state index contributed by atoms with van der Waals surface area (Å²) in [6, 6.07) is 20.6. The van der Waals surface area contributed by atoms with Crippen molar-refractivity contribution in [2.75, 3.05) is 23.1 Å². The molecule has 0 radical (unpaired) electrons. The Bertz CT molecular complexity index is 1160. The molecular formula is C24H24ClFN2O3S2. The minimum atomic E-state index is -4.05. The summed E-state index contributed by atoms with van der Waals surface area (Å²) in [6.07, 6.45) is 0.743. The van der Waals surface area contributed by atoms with Gasteiger partial charge in [0.1, 0.15) is 12.4 Å². The zero-order valence-corrected chi connectivity index (χ0v) is 20.2. The van der Waals surface area contributed by atoms with Crippen molar-refractivity contribution in [3.63, 3.8) is 0 Å². The van der Waals surface area contributed by atoms with Crippen molar-refractivity contribution in [2.45, 2.75) is 17.1 Å². The lowest BCUT2D eigenvalue weighted by Crippen LogP contribution is -2.41. The molecule has 0 aliphatic rings. The number of sulfonamides is 1. The van der Waals surface area contributed by atoms with Gasteiger partial charge in [0.2, 0.25) is 5.91 Å². The SMILES string of the molecule is O=C(CN(c1ccccc1)S(=O)(=O)c1ccc(F)cc1)NCCCSCc1cccc(Cl)c1. The summed E-state index contributed by atoms with van der Waals surface area (Å²) in [5, 5.41) is 3.49. The smallest absolute Gasteiger partial charge is 0.264 e. The maximum absolute atomic E-state index is 13.3. The summed E-state index contributed by atoms with van der Waals surface area (Å²) in [7, 11) is -4.05. The second-order valence-corrected chi connectivity index (χ2v) is 10.6. The molecule has 0 aromatic heterocycles. The van der Waals surface area contributed by atoms with Gasteiger partial charge in [-0.3, -0.25) is 9.10 Å². The molecule has 0 atom stereocenters. The topological polar surface area (TPSA) is 66.5 Å². The highest BCUT2D eigenvalue weighted by molar-refractivity contribution is 7.98. The van der Waals surface area contributed by atoms with Gasteiger partial charge in [-0.15, -0.1) is 0 Å². The zero-order valence-electron chi connectivity index (χ0n) is 17.8. The summed E-state index contributed by atoms with van der Waals surface area (Å²) in [4.78, 5) is 12.5. The number of carbonyl (C=O) groups is 1. The van der Waals surface area contributed by atoms with Crippen molar-refractivity contribution in [1.29, 1.82) is 0 Å². The third-order valence-electron chi connectivity index (χ3n) is 4.68. The van der Waals surface area contributed by atoms with Crippen molar-refractivity contribution in [2.24, 2.45) is 0 Å². The van der Waals surface area contributed by atoms with E-state index in [0.717, 1.165) is 39.9 Å². The predicted octanol–water partition coefficient (Wildman–Crippen LogP) is 5.11. The summed E-state index contributed by atoms with van der Waals surface area (Å²) in [5.74, 6) is 0.713. The second-order valence-electron chi connectivity index (χ2n) is 7.19. The number of hydrogen-bond acceptors (Lipinski definition) is 4. The minimum Gasteiger partial charge on any atom is -0.354 e. The van der Waals surface area contributed by atoms with Crippen LogP contribution in [0.2, 0.25) is 5.02 Å². The molecule has 0 unspecified atom stereocenters. The summed E-state index contributed by atoms with van der Waals surface area (Å²) in [5.41, 5.74) is 1.50. The van der Waals surface area contributed by atoms with Crippen molar-refractivity contribution in [3.8, 4) is 0 Å². The highest BCUT2D eigenvalue weighted by Crippen LogP contribution is 2.23. The van der Waals surface area contributed by atoms with Crippen LogP contribution in [-0.2, 0) is 20.6 Å². The van der Waals surface area contributed by atoms with Crippen molar-refractivity contribution in [1.82, 2.24) is 5.32 Å². The van der Waals surface area contributed by atoms with Gasteiger partial charge < -0.3 is 5.32 Å². The van der Waals surface area contributed by atoms with E-state index in [1.54, 1.807) is 42.1 Å². The Labute approximate surface area is 203 Å². The summed E-state index contributed by atoms with van der Waals surface area (Å²) < 4.78 is 40.6. The molecule has 9 heteroatoms. The van der Waals surface area contributed by atoms with Crippen LogP contribution in [0.1, 0.15) is 12.0 Å². The maximum Gasteiger partial charge on any atom is 0.264 e. The van der Waals surface area contributed by atoms with Gasteiger partial charge in [-0.1, -0.05) is 41.9 Å². The van der Waals surface area contributed by atoms with Crippen LogP contribution in [0.25, 0.3) is 0 Å². The molecule has 0 spiro atoms. The molecule has 0 aliphatic carbocycles. The number of rotatable bonds is 11. The molecule has 0 bridgehead atoms. The van der Waals surface area contributed by atoms with Crippen LogP contribution in [0.4, 0.5) is 10.1 Å². The molecule has 0 heterocycles. The van der Waals surface area contributed by atoms with E-state index in [2.05, 4.69) is 5.32 Å². The fraction of sp³-hybridized carbons (Fsp3) is 0.208. The number of thioether (sulfide) groups is 1. The molecule has 1 N–H and O–H groups in total. The quantitative estimate of drug-likeness (QED) is 0.367. The van der Waals surface area contributed by atoms with Gasteiger partial charge in [0.15, 0.2) is 0 Å². The van der Waals surface area contributed by atoms with E-state index >= 15 is 0 Å². The number of halogens is 2. The highest BCUT2D eigenvalue weighted by Gasteiger charge is 2.27. The Balaban J connectivity index is 1.55. The monoisotopic (exact) mass is 506 g/mol. The first-order valence-electron chi connectivity index (χ1n) is 10.3. The van der Waals surface area contributed by atoms with E-state index in [4.69, 9.17) is 11.6 Å². The second kappa shape index (κ2) is 12.1. The molecule has 33 heavy (non-hydrogen) atoms. The number of carbonyl (C=O) groups excluding carboxylic acids is 1. The number of nitrogens with one attached hydrogen (secondary N) is 1. The Hall–Kier alpha value is -2.55. The van der Waals surface area contributed by atoms with E-state index in [9.17, 15) is 17.6 Å². The van der Waals surface area contributed by atoms with Crippen molar-refractivity contribution < 1.29 is 17.6 Å². The predicted molar refractivity (Wildman–Crippen MR) is 133 cm³/mol. The van der Waals surface area contributed by atoms with Gasteiger partial charge in [-0.2, -0.15) is 11.8 Å². The number of hydrogen-bond donors (Lipinski definition) is 1. The van der Waals surface area contributed by atoms with E-state index in [-0.39, 0.29) is 11.4 Å². The standard InChI is InChI=1S/C24H24ClFN2O3S2/c25-20-7-4-6-19(16-20)18-32-15-5-14-27-24(29)17-28(22-8-2-1-3-9-22)33(30,31)23-12-10-21(26)11-13-23/h1-4,6-13,16H,5,14-15,17-18H2,(H,27,29). The van der Waals surface area contributed by atoms with E-state index in [1.807, 2.05) is 24.3 Å². The minimum absolute atomic E-state index is 0.0852. The normalized spacial score (nSPS) is 11.2. The molecule has 3 rings (SSSR count). The van der Waals surface area contributed by atoms with Crippen LogP contribution in [0.5, 0.6) is 0 Å². The lowest BCUT2D eigenvalue weighted by molar-refractivity contribution is -0.119. The number of para-hydroxylation sites is 1. The lowest BCUT2D eigenvalue weighted by atomic mass is 10.2. The maximum atomic E-state index is 13.3. The molecule has 1 amide bonds. The van der Waals surface area contributed by atoms with Crippen molar-refractivity contribution >= 4 is 45.0 Å². The van der Waals surface area contributed by atoms with Crippen LogP contribution in [0.15, 0.2) is 83.8 Å². The van der Waals surface area contributed by atoms with Crippen LogP contribution < -0.4 is 9.62 Å². The van der Waals surface area contributed by atoms with E-state index < -0.39 is 21.7 Å². The van der Waals surface area contributed by atoms with E-state index in [1.165, 1.54) is 12.1 Å². The summed E-state index contributed by atoms with van der Waals surface area (Å²) >= 11 is 7.72. The molecule has 0 saturated carbocycles. The Morgan fingerprint density at radius 1 is 1.00 bits per heavy atom. The third kappa shape index (κ3) is 7.48. The van der Waals surface area contributed by atoms with Crippen LogP contribution in [0, 0.1) is 5.82 Å². The molecule has 174 valence electrons. The molecule has 0 fully saturated rings. The zero-order chi connectivity index (χ0) is 23.7. The fourth-order valence-electron chi connectivity index (χ4n) is 3.05. The lowest BCUT2D eigenvalue weighted by Gasteiger charge is -2.24. The number of amides is 1. The first kappa shape index (κ1) is 25.1. The molecule has 0 saturated heterocycles. The van der Waals surface area contributed by atoms with Crippen LogP contribution >= 0.6 is 23.4 Å². The first-order chi connectivity index (χ1) is 15.9. The van der Waals surface area contributed by atoms with Gasteiger partial charge >= 0.3 is 0 Å². The fourth-order valence-corrected chi connectivity index (χ4v) is 5.59. The van der Waals surface area contributed by atoms with Gasteiger partial charge in [-0.05, 0) is 66.3 Å². The van der Waals surface area contributed by atoms with E-state index in [0.29, 0.717) is 17.3 Å². The third-order valence-corrected chi connectivity index (χ3v) is 7.82. The number of nitrogens with zero attached hydrogens (tertiary/aromatic N) is 1.